The van der Waals surface area contributed by atoms with Crippen molar-refractivity contribution < 1.29 is 18.3 Å². The van der Waals surface area contributed by atoms with Crippen LogP contribution in [-0.2, 0) is 6.54 Å². The van der Waals surface area contributed by atoms with Gasteiger partial charge in [0.2, 0.25) is 0 Å². The molecule has 0 saturated carbocycles. The highest BCUT2D eigenvalue weighted by atomic mass is 79.9. The summed E-state index contributed by atoms with van der Waals surface area (Å²) in [6.45, 7) is 1.00. The third-order valence-electron chi connectivity index (χ3n) is 2.58. The highest BCUT2D eigenvalue weighted by molar-refractivity contribution is 9.10. The molecule has 0 aliphatic heterocycles. The first-order valence-corrected chi connectivity index (χ1v) is 6.71. The van der Waals surface area contributed by atoms with Crippen molar-refractivity contribution in [2.45, 2.75) is 26.1 Å². The van der Waals surface area contributed by atoms with Crippen molar-refractivity contribution in [2.24, 2.45) is 5.92 Å². The van der Waals surface area contributed by atoms with Gasteiger partial charge >= 0.3 is 6.18 Å². The summed E-state index contributed by atoms with van der Waals surface area (Å²) in [4.78, 5) is 11.7. The van der Waals surface area contributed by atoms with Gasteiger partial charge in [0, 0.05) is 13.2 Å². The number of aliphatic hydroxyl groups is 1. The van der Waals surface area contributed by atoms with Crippen LogP contribution in [0.4, 0.5) is 18.9 Å². The first kappa shape index (κ1) is 17.0. The molecule has 1 atom stereocenters. The van der Waals surface area contributed by atoms with Crippen LogP contribution in [0.15, 0.2) is 15.5 Å². The van der Waals surface area contributed by atoms with Crippen LogP contribution in [0.3, 0.4) is 0 Å². The number of alkyl halides is 3. The van der Waals surface area contributed by atoms with E-state index in [2.05, 4.69) is 26.3 Å². The molecule has 0 saturated heterocycles. The third-order valence-corrected chi connectivity index (χ3v) is 3.34. The Kier molecular flexibility index (Phi) is 6.00. The van der Waals surface area contributed by atoms with Gasteiger partial charge in [-0.15, -0.1) is 0 Å². The predicted molar refractivity (Wildman–Crippen MR) is 71.6 cm³/mol. The van der Waals surface area contributed by atoms with E-state index in [1.807, 2.05) is 6.92 Å². The number of anilines is 1. The number of nitrogens with one attached hydrogen (secondary N) is 1. The van der Waals surface area contributed by atoms with E-state index in [4.69, 9.17) is 5.11 Å². The molecule has 0 aliphatic rings. The summed E-state index contributed by atoms with van der Waals surface area (Å²) in [5.74, 6) is 0.157. The molecule has 0 radical (unpaired) electrons. The van der Waals surface area contributed by atoms with E-state index in [0.717, 1.165) is 0 Å². The number of halogens is 4. The first-order valence-electron chi connectivity index (χ1n) is 5.91. The Balaban J connectivity index is 2.82. The summed E-state index contributed by atoms with van der Waals surface area (Å²) in [6.07, 6.45) is -2.74. The fraction of sp³-hybridized carbons (Fsp3) is 0.636. The molecule has 1 rings (SSSR count). The lowest BCUT2D eigenvalue weighted by Crippen LogP contribution is -2.31. The summed E-state index contributed by atoms with van der Waals surface area (Å²) in [5.41, 5.74) is -0.514. The maximum atomic E-state index is 12.2. The van der Waals surface area contributed by atoms with Crippen LogP contribution in [0.1, 0.15) is 13.3 Å². The average molecular weight is 358 g/mol. The Morgan fingerprint density at radius 3 is 2.75 bits per heavy atom. The summed E-state index contributed by atoms with van der Waals surface area (Å²) >= 11 is 2.98. The molecular weight excluding hydrogens is 343 g/mol. The summed E-state index contributed by atoms with van der Waals surface area (Å²) in [7, 11) is 0. The highest BCUT2D eigenvalue weighted by Gasteiger charge is 2.29. The van der Waals surface area contributed by atoms with Gasteiger partial charge in [-0.3, -0.25) is 4.79 Å². The van der Waals surface area contributed by atoms with Gasteiger partial charge in [-0.1, -0.05) is 6.92 Å². The second-order valence-corrected chi connectivity index (χ2v) is 5.24. The fourth-order valence-electron chi connectivity index (χ4n) is 1.48. The van der Waals surface area contributed by atoms with Gasteiger partial charge in [-0.2, -0.15) is 18.3 Å². The van der Waals surface area contributed by atoms with E-state index < -0.39 is 18.3 Å². The molecular formula is C11H15BrF3N3O2. The second-order valence-electron chi connectivity index (χ2n) is 4.45. The highest BCUT2D eigenvalue weighted by Crippen LogP contribution is 2.19. The molecule has 0 bridgehead atoms. The average Bonchev–Trinajstić information content (AvgIpc) is 2.33. The van der Waals surface area contributed by atoms with Gasteiger partial charge in [0.25, 0.3) is 5.56 Å². The standard InChI is InChI=1S/C11H15BrF3N3O2/c1-7(2-3-19)4-16-8-5-17-18(6-11(13,14)15)10(20)9(8)12/h5,7,16,19H,2-4,6H2,1H3. The zero-order chi connectivity index (χ0) is 15.3. The van der Waals surface area contributed by atoms with Crippen molar-refractivity contribution in [1.29, 1.82) is 0 Å². The van der Waals surface area contributed by atoms with Crippen LogP contribution in [-0.4, -0.2) is 34.2 Å². The Bertz CT molecular complexity index is 505. The van der Waals surface area contributed by atoms with E-state index in [9.17, 15) is 18.0 Å². The molecule has 9 heteroatoms. The van der Waals surface area contributed by atoms with Crippen molar-refractivity contribution in [3.05, 3.63) is 21.0 Å². The van der Waals surface area contributed by atoms with Crippen LogP contribution < -0.4 is 10.9 Å². The van der Waals surface area contributed by atoms with E-state index >= 15 is 0 Å². The normalized spacial score (nSPS) is 13.3. The van der Waals surface area contributed by atoms with Gasteiger partial charge in [0.15, 0.2) is 0 Å². The van der Waals surface area contributed by atoms with E-state index in [1.54, 1.807) is 0 Å². The third kappa shape index (κ3) is 5.12. The molecule has 0 aliphatic carbocycles. The lowest BCUT2D eigenvalue weighted by molar-refractivity contribution is -0.143. The molecule has 5 nitrogen and oxygen atoms in total. The maximum absolute atomic E-state index is 12.2. The molecule has 0 aromatic carbocycles. The van der Waals surface area contributed by atoms with Crippen LogP contribution in [0, 0.1) is 5.92 Å². The number of nitrogens with zero attached hydrogens (tertiary/aromatic N) is 2. The van der Waals surface area contributed by atoms with E-state index in [1.165, 1.54) is 6.20 Å². The van der Waals surface area contributed by atoms with Gasteiger partial charge in [0.1, 0.15) is 11.0 Å². The molecule has 0 fully saturated rings. The molecule has 0 spiro atoms. The SMILES string of the molecule is CC(CCO)CNc1cnn(CC(F)(F)F)c(=O)c1Br. The summed E-state index contributed by atoms with van der Waals surface area (Å²) in [6, 6.07) is 0. The monoisotopic (exact) mass is 357 g/mol. The Hall–Kier alpha value is -1.09. The molecule has 1 unspecified atom stereocenters. The van der Waals surface area contributed by atoms with E-state index in [0.29, 0.717) is 23.3 Å². The molecule has 20 heavy (non-hydrogen) atoms. The molecule has 2 N–H and O–H groups in total. The predicted octanol–water partition coefficient (Wildman–Crippen LogP) is 2.00. The summed E-state index contributed by atoms with van der Waals surface area (Å²) in [5, 5.41) is 15.2. The van der Waals surface area contributed by atoms with Crippen LogP contribution in [0.2, 0.25) is 0 Å². The topological polar surface area (TPSA) is 67.2 Å². The van der Waals surface area contributed by atoms with Crippen molar-refractivity contribution in [1.82, 2.24) is 9.78 Å². The quantitative estimate of drug-likeness (QED) is 0.817. The lowest BCUT2D eigenvalue weighted by Gasteiger charge is -2.14. The van der Waals surface area contributed by atoms with Gasteiger partial charge in [-0.25, -0.2) is 4.68 Å². The Morgan fingerprint density at radius 2 is 2.20 bits per heavy atom. The molecule has 0 amide bonds. The molecule has 1 aromatic heterocycles. The number of hydrogen-bond acceptors (Lipinski definition) is 4. The zero-order valence-corrected chi connectivity index (χ0v) is 12.3. The lowest BCUT2D eigenvalue weighted by atomic mass is 10.1. The van der Waals surface area contributed by atoms with Crippen LogP contribution in [0.5, 0.6) is 0 Å². The number of aliphatic hydroxyl groups excluding tert-OH is 1. The van der Waals surface area contributed by atoms with Crippen LogP contribution in [0.25, 0.3) is 0 Å². The number of rotatable bonds is 6. The molecule has 114 valence electrons. The number of hydrogen-bond donors (Lipinski definition) is 2. The van der Waals surface area contributed by atoms with Crippen LogP contribution >= 0.6 is 15.9 Å². The maximum Gasteiger partial charge on any atom is 0.408 e. The second kappa shape index (κ2) is 7.07. The van der Waals surface area contributed by atoms with Gasteiger partial charge < -0.3 is 10.4 Å². The molecule has 1 heterocycles. The first-order chi connectivity index (χ1) is 9.24. The smallest absolute Gasteiger partial charge is 0.396 e. The van der Waals surface area contributed by atoms with Crippen molar-refractivity contribution in [3.63, 3.8) is 0 Å². The minimum atomic E-state index is -4.50. The van der Waals surface area contributed by atoms with E-state index in [-0.39, 0.29) is 17.0 Å². The Morgan fingerprint density at radius 1 is 1.55 bits per heavy atom. The number of aromatic nitrogens is 2. The zero-order valence-electron chi connectivity index (χ0n) is 10.7. The summed E-state index contributed by atoms with van der Waals surface area (Å²) < 4.78 is 37.1. The van der Waals surface area contributed by atoms with Gasteiger partial charge in [0.05, 0.1) is 11.9 Å². The van der Waals surface area contributed by atoms with Crippen molar-refractivity contribution >= 4 is 21.6 Å². The minimum Gasteiger partial charge on any atom is -0.396 e. The fourth-order valence-corrected chi connectivity index (χ4v) is 1.92. The van der Waals surface area contributed by atoms with Crippen molar-refractivity contribution in [2.75, 3.05) is 18.5 Å². The Labute approximate surface area is 121 Å². The largest absolute Gasteiger partial charge is 0.408 e. The van der Waals surface area contributed by atoms with Crippen molar-refractivity contribution in [3.8, 4) is 0 Å². The molecule has 1 aromatic rings. The minimum absolute atomic E-state index is 0.00736. The van der Waals surface area contributed by atoms with Gasteiger partial charge in [-0.05, 0) is 28.3 Å².